The number of hydrogen-bond donors (Lipinski definition) is 1. The van der Waals surface area contributed by atoms with E-state index < -0.39 is 11.9 Å². The van der Waals surface area contributed by atoms with E-state index in [-0.39, 0.29) is 6.10 Å². The van der Waals surface area contributed by atoms with Crippen molar-refractivity contribution in [3.05, 3.63) is 58.2 Å². The smallest absolute Gasteiger partial charge is 0.308 e. The summed E-state index contributed by atoms with van der Waals surface area (Å²) in [5.41, 5.74) is 7.16. The summed E-state index contributed by atoms with van der Waals surface area (Å²) in [4.78, 5) is 11.1. The monoisotopic (exact) mass is 456 g/mol. The first-order valence-electron chi connectivity index (χ1n) is 12.8. The molecule has 1 aliphatic heterocycles. The molecule has 0 spiro atoms. The second kappa shape index (κ2) is 16.7. The molecule has 3 heteroatoms. The molecular weight excluding hydrogens is 408 g/mol. The van der Waals surface area contributed by atoms with Crippen molar-refractivity contribution in [1.29, 1.82) is 0 Å². The van der Waals surface area contributed by atoms with Crippen LogP contribution in [0.2, 0.25) is 0 Å². The highest BCUT2D eigenvalue weighted by Gasteiger charge is 2.27. The molecule has 1 rings (SSSR count). The van der Waals surface area contributed by atoms with Crippen molar-refractivity contribution in [2.24, 2.45) is 5.92 Å². The number of ether oxygens (including phenoxy) is 1. The fraction of sp³-hybridized carbons (Fsp3) is 0.633. The Morgan fingerprint density at radius 3 is 1.88 bits per heavy atom. The third-order valence-electron chi connectivity index (χ3n) is 6.43. The van der Waals surface area contributed by atoms with Crippen molar-refractivity contribution in [3.8, 4) is 0 Å². The summed E-state index contributed by atoms with van der Waals surface area (Å²) in [5.74, 6) is -1.19. The highest BCUT2D eigenvalue weighted by atomic mass is 16.5. The van der Waals surface area contributed by atoms with Gasteiger partial charge in [0.2, 0.25) is 0 Å². The molecule has 0 amide bonds. The van der Waals surface area contributed by atoms with Gasteiger partial charge in [-0.15, -0.1) is 0 Å². The van der Waals surface area contributed by atoms with E-state index in [2.05, 4.69) is 65.0 Å². The summed E-state index contributed by atoms with van der Waals surface area (Å²) in [6, 6.07) is 0. The van der Waals surface area contributed by atoms with Crippen molar-refractivity contribution in [1.82, 2.24) is 0 Å². The number of unbranched alkanes of at least 4 members (excludes halogenated alkanes) is 1. The predicted molar refractivity (Wildman–Crippen MR) is 141 cm³/mol. The van der Waals surface area contributed by atoms with E-state index in [1.54, 1.807) is 6.92 Å². The van der Waals surface area contributed by atoms with Gasteiger partial charge in [0.15, 0.2) is 0 Å². The zero-order valence-electron chi connectivity index (χ0n) is 22.1. The van der Waals surface area contributed by atoms with E-state index in [4.69, 9.17) is 9.84 Å². The van der Waals surface area contributed by atoms with Crippen LogP contribution in [0, 0.1) is 5.92 Å². The van der Waals surface area contributed by atoms with Crippen LogP contribution in [0.4, 0.5) is 0 Å². The molecule has 186 valence electrons. The first-order valence-corrected chi connectivity index (χ1v) is 12.8. The fourth-order valence-corrected chi connectivity index (χ4v) is 4.02. The fourth-order valence-electron chi connectivity index (χ4n) is 4.02. The van der Waals surface area contributed by atoms with Crippen LogP contribution < -0.4 is 0 Å². The van der Waals surface area contributed by atoms with Gasteiger partial charge >= 0.3 is 5.97 Å². The SMILES string of the molecule is CC(C)=CCC/C(C)=C/CC/C(C)=C/CC/C=C(\C)CC/C=C1/CC[C@@H](C(C)C(=O)O)OC1. The summed E-state index contributed by atoms with van der Waals surface area (Å²) >= 11 is 0. The number of carboxylic acid groups (broad SMARTS) is 1. The lowest BCUT2D eigenvalue weighted by Gasteiger charge is -2.27. The van der Waals surface area contributed by atoms with Crippen LogP contribution in [-0.2, 0) is 9.53 Å². The van der Waals surface area contributed by atoms with E-state index in [1.807, 2.05) is 0 Å². The molecule has 1 aliphatic rings. The van der Waals surface area contributed by atoms with Gasteiger partial charge in [0.1, 0.15) is 0 Å². The van der Waals surface area contributed by atoms with E-state index in [0.29, 0.717) is 6.61 Å². The normalized spacial score (nSPS) is 20.1. The molecule has 0 aliphatic carbocycles. The first kappa shape index (κ1) is 29.2. The summed E-state index contributed by atoms with van der Waals surface area (Å²) in [6.45, 7) is 13.4. The average molecular weight is 457 g/mol. The molecule has 2 atom stereocenters. The van der Waals surface area contributed by atoms with Gasteiger partial charge in [-0.05, 0) is 111 Å². The third-order valence-corrected chi connectivity index (χ3v) is 6.43. The van der Waals surface area contributed by atoms with Gasteiger partial charge < -0.3 is 9.84 Å². The van der Waals surface area contributed by atoms with Gasteiger partial charge in [-0.1, -0.05) is 52.7 Å². The van der Waals surface area contributed by atoms with Gasteiger partial charge in [0, 0.05) is 0 Å². The van der Waals surface area contributed by atoms with Crippen molar-refractivity contribution in [2.45, 2.75) is 112 Å². The Balaban J connectivity index is 2.22. The third kappa shape index (κ3) is 14.1. The molecule has 1 unspecified atom stereocenters. The second-order valence-corrected chi connectivity index (χ2v) is 10.0. The van der Waals surface area contributed by atoms with Gasteiger partial charge in [-0.25, -0.2) is 0 Å². The van der Waals surface area contributed by atoms with Crippen LogP contribution in [0.25, 0.3) is 0 Å². The minimum Gasteiger partial charge on any atom is -0.481 e. The number of rotatable bonds is 14. The molecule has 1 saturated heterocycles. The quantitative estimate of drug-likeness (QED) is 0.210. The van der Waals surface area contributed by atoms with Gasteiger partial charge in [-0.2, -0.15) is 0 Å². The van der Waals surface area contributed by atoms with Crippen molar-refractivity contribution < 1.29 is 14.6 Å². The number of carbonyl (C=O) groups is 1. The van der Waals surface area contributed by atoms with Gasteiger partial charge in [0.25, 0.3) is 0 Å². The Labute approximate surface area is 203 Å². The lowest BCUT2D eigenvalue weighted by Crippen LogP contribution is -2.32. The molecular formula is C30H48O3. The molecule has 33 heavy (non-hydrogen) atoms. The molecule has 0 aromatic rings. The van der Waals surface area contributed by atoms with Crippen LogP contribution in [0.3, 0.4) is 0 Å². The molecule has 0 bridgehead atoms. The molecule has 1 fully saturated rings. The maximum absolute atomic E-state index is 11.1. The summed E-state index contributed by atoms with van der Waals surface area (Å²) in [7, 11) is 0. The number of aliphatic carboxylic acids is 1. The second-order valence-electron chi connectivity index (χ2n) is 10.0. The topological polar surface area (TPSA) is 46.5 Å². The van der Waals surface area contributed by atoms with Crippen LogP contribution >= 0.6 is 0 Å². The molecule has 0 radical (unpaired) electrons. The van der Waals surface area contributed by atoms with E-state index in [9.17, 15) is 4.79 Å². The Kier molecular flexibility index (Phi) is 14.8. The van der Waals surface area contributed by atoms with Crippen molar-refractivity contribution in [2.75, 3.05) is 6.61 Å². The molecule has 1 N–H and O–H groups in total. The van der Waals surface area contributed by atoms with E-state index >= 15 is 0 Å². The Morgan fingerprint density at radius 2 is 1.39 bits per heavy atom. The van der Waals surface area contributed by atoms with Gasteiger partial charge in [-0.3, -0.25) is 4.79 Å². The van der Waals surface area contributed by atoms with Crippen LogP contribution in [0.5, 0.6) is 0 Å². The molecule has 3 nitrogen and oxygen atoms in total. The number of allylic oxidation sites excluding steroid dienone is 9. The Bertz CT molecular complexity index is 735. The van der Waals surface area contributed by atoms with Crippen molar-refractivity contribution in [3.63, 3.8) is 0 Å². The summed E-state index contributed by atoms with van der Waals surface area (Å²) < 4.78 is 5.76. The lowest BCUT2D eigenvalue weighted by atomic mass is 9.94. The molecule has 0 saturated carbocycles. The van der Waals surface area contributed by atoms with Crippen LogP contribution in [-0.4, -0.2) is 23.8 Å². The zero-order valence-corrected chi connectivity index (χ0v) is 22.1. The van der Waals surface area contributed by atoms with E-state index in [0.717, 1.165) is 57.8 Å². The average Bonchev–Trinajstić information content (AvgIpc) is 2.76. The van der Waals surface area contributed by atoms with E-state index in [1.165, 1.54) is 34.3 Å². The summed E-state index contributed by atoms with van der Waals surface area (Å²) in [5, 5.41) is 9.11. The zero-order chi connectivity index (χ0) is 24.6. The maximum atomic E-state index is 11.1. The maximum Gasteiger partial charge on any atom is 0.308 e. The highest BCUT2D eigenvalue weighted by molar-refractivity contribution is 5.70. The van der Waals surface area contributed by atoms with Crippen LogP contribution in [0.1, 0.15) is 106 Å². The lowest BCUT2D eigenvalue weighted by molar-refractivity contribution is -0.147. The molecule has 0 aromatic heterocycles. The predicted octanol–water partition coefficient (Wildman–Crippen LogP) is 8.74. The Hall–Kier alpha value is -1.87. The highest BCUT2D eigenvalue weighted by Crippen LogP contribution is 2.24. The van der Waals surface area contributed by atoms with Crippen molar-refractivity contribution >= 4 is 5.97 Å². The largest absolute Gasteiger partial charge is 0.481 e. The number of hydrogen-bond acceptors (Lipinski definition) is 2. The minimum atomic E-state index is -0.768. The summed E-state index contributed by atoms with van der Waals surface area (Å²) in [6.07, 6.45) is 22.4. The first-order chi connectivity index (χ1) is 15.7. The molecule has 0 aromatic carbocycles. The van der Waals surface area contributed by atoms with Gasteiger partial charge in [0.05, 0.1) is 18.6 Å². The standard InChI is InChI=1S/C30H48O3/c1-23(2)12-9-15-26(5)17-10-16-24(3)13-7-8-14-25(4)18-11-19-28-20-21-29(33-22-28)27(6)30(31)32/h12-14,17,19,27,29H,7-11,15-16,18,20-22H2,1-6H3,(H,31,32)/b24-13+,25-14+,26-17+,28-19-/t27?,29-/m0/s1. The Morgan fingerprint density at radius 1 is 0.879 bits per heavy atom. The number of carboxylic acids is 1. The van der Waals surface area contributed by atoms with Crippen LogP contribution in [0.15, 0.2) is 58.2 Å². The minimum absolute atomic E-state index is 0.148. The molecule has 1 heterocycles.